The SMILES string of the molecule is CC(C)(C)[C@@H](N)c1nc(Cc2cccc(Br)c2)no1. The van der Waals surface area contributed by atoms with Crippen molar-refractivity contribution in [2.75, 3.05) is 0 Å². The smallest absolute Gasteiger partial charge is 0.244 e. The number of benzene rings is 1. The zero-order valence-corrected chi connectivity index (χ0v) is 12.9. The quantitative estimate of drug-likeness (QED) is 0.939. The van der Waals surface area contributed by atoms with Crippen LogP contribution in [0.15, 0.2) is 33.3 Å². The maximum atomic E-state index is 6.10. The van der Waals surface area contributed by atoms with Crippen LogP contribution in [0.2, 0.25) is 0 Å². The van der Waals surface area contributed by atoms with Crippen molar-refractivity contribution >= 4 is 15.9 Å². The van der Waals surface area contributed by atoms with E-state index in [1.807, 2.05) is 24.3 Å². The molecular formula is C14H18BrN3O. The summed E-state index contributed by atoms with van der Waals surface area (Å²) in [4.78, 5) is 4.38. The Morgan fingerprint density at radius 3 is 2.74 bits per heavy atom. The predicted octanol–water partition coefficient (Wildman–Crippen LogP) is 3.47. The van der Waals surface area contributed by atoms with Gasteiger partial charge in [-0.3, -0.25) is 0 Å². The van der Waals surface area contributed by atoms with Gasteiger partial charge in [0.25, 0.3) is 0 Å². The molecule has 5 heteroatoms. The van der Waals surface area contributed by atoms with E-state index in [4.69, 9.17) is 10.3 Å². The van der Waals surface area contributed by atoms with Gasteiger partial charge in [0.15, 0.2) is 5.82 Å². The number of nitrogens with zero attached hydrogens (tertiary/aromatic N) is 2. The van der Waals surface area contributed by atoms with Gasteiger partial charge in [0.2, 0.25) is 5.89 Å². The van der Waals surface area contributed by atoms with Gasteiger partial charge in [-0.1, -0.05) is 54.0 Å². The lowest BCUT2D eigenvalue weighted by Gasteiger charge is -2.23. The summed E-state index contributed by atoms with van der Waals surface area (Å²) in [6.07, 6.45) is 0.639. The topological polar surface area (TPSA) is 64.9 Å². The van der Waals surface area contributed by atoms with E-state index in [2.05, 4.69) is 46.8 Å². The summed E-state index contributed by atoms with van der Waals surface area (Å²) in [7, 11) is 0. The van der Waals surface area contributed by atoms with Crippen molar-refractivity contribution in [2.45, 2.75) is 33.2 Å². The third kappa shape index (κ3) is 3.64. The highest BCUT2D eigenvalue weighted by atomic mass is 79.9. The highest BCUT2D eigenvalue weighted by molar-refractivity contribution is 9.10. The van der Waals surface area contributed by atoms with Gasteiger partial charge in [0.1, 0.15) is 0 Å². The van der Waals surface area contributed by atoms with Crippen LogP contribution in [-0.4, -0.2) is 10.1 Å². The highest BCUT2D eigenvalue weighted by Crippen LogP contribution is 2.29. The van der Waals surface area contributed by atoms with Crippen LogP contribution in [0.25, 0.3) is 0 Å². The first-order chi connectivity index (χ1) is 8.86. The summed E-state index contributed by atoms with van der Waals surface area (Å²) in [6, 6.07) is 7.79. The molecule has 0 bridgehead atoms. The van der Waals surface area contributed by atoms with Gasteiger partial charge in [0, 0.05) is 10.9 Å². The van der Waals surface area contributed by atoms with E-state index in [1.165, 1.54) is 0 Å². The second kappa shape index (κ2) is 5.43. The fourth-order valence-corrected chi connectivity index (χ4v) is 2.11. The molecule has 1 aromatic heterocycles. The number of nitrogens with two attached hydrogens (primary N) is 1. The van der Waals surface area contributed by atoms with Crippen LogP contribution >= 0.6 is 15.9 Å². The summed E-state index contributed by atoms with van der Waals surface area (Å²) in [5, 5.41) is 3.99. The van der Waals surface area contributed by atoms with Gasteiger partial charge >= 0.3 is 0 Å². The molecule has 19 heavy (non-hydrogen) atoms. The molecule has 1 atom stereocenters. The molecule has 0 saturated carbocycles. The summed E-state index contributed by atoms with van der Waals surface area (Å²) in [6.45, 7) is 6.15. The van der Waals surface area contributed by atoms with Crippen molar-refractivity contribution in [1.29, 1.82) is 0 Å². The normalized spacial score (nSPS) is 13.5. The van der Waals surface area contributed by atoms with Gasteiger partial charge < -0.3 is 10.3 Å². The molecule has 0 aliphatic carbocycles. The highest BCUT2D eigenvalue weighted by Gasteiger charge is 2.27. The Balaban J connectivity index is 2.14. The number of halogens is 1. The van der Waals surface area contributed by atoms with Crippen molar-refractivity contribution in [3.63, 3.8) is 0 Å². The van der Waals surface area contributed by atoms with E-state index in [1.54, 1.807) is 0 Å². The fourth-order valence-electron chi connectivity index (χ4n) is 1.67. The number of hydrogen-bond acceptors (Lipinski definition) is 4. The summed E-state index contributed by atoms with van der Waals surface area (Å²) in [5.41, 5.74) is 7.13. The molecule has 102 valence electrons. The van der Waals surface area contributed by atoms with Gasteiger partial charge in [-0.25, -0.2) is 0 Å². The Morgan fingerprint density at radius 1 is 1.37 bits per heavy atom. The molecule has 2 aromatic rings. The molecule has 2 N–H and O–H groups in total. The molecule has 0 unspecified atom stereocenters. The second-order valence-electron chi connectivity index (χ2n) is 5.70. The molecule has 1 heterocycles. The van der Waals surface area contributed by atoms with Crippen LogP contribution in [0.1, 0.15) is 44.1 Å². The largest absolute Gasteiger partial charge is 0.338 e. The monoisotopic (exact) mass is 323 g/mol. The average Bonchev–Trinajstić information content (AvgIpc) is 2.75. The first-order valence-corrected chi connectivity index (χ1v) is 6.98. The van der Waals surface area contributed by atoms with Gasteiger partial charge in [-0.15, -0.1) is 0 Å². The average molecular weight is 324 g/mol. The van der Waals surface area contributed by atoms with Crippen LogP contribution in [0.5, 0.6) is 0 Å². The van der Waals surface area contributed by atoms with Crippen LogP contribution in [0.3, 0.4) is 0 Å². The Hall–Kier alpha value is -1.20. The van der Waals surface area contributed by atoms with Crippen molar-refractivity contribution in [2.24, 2.45) is 11.1 Å². The minimum absolute atomic E-state index is 0.0976. The first-order valence-electron chi connectivity index (χ1n) is 6.19. The van der Waals surface area contributed by atoms with Crippen LogP contribution < -0.4 is 5.73 Å². The van der Waals surface area contributed by atoms with Gasteiger partial charge in [-0.2, -0.15) is 4.98 Å². The van der Waals surface area contributed by atoms with Crippen LogP contribution in [-0.2, 0) is 6.42 Å². The van der Waals surface area contributed by atoms with Crippen molar-refractivity contribution < 1.29 is 4.52 Å². The molecule has 0 fully saturated rings. The van der Waals surface area contributed by atoms with Gasteiger partial charge in [-0.05, 0) is 23.1 Å². The number of rotatable bonds is 3. The molecule has 1 aromatic carbocycles. The van der Waals surface area contributed by atoms with E-state index < -0.39 is 0 Å². The zero-order valence-electron chi connectivity index (χ0n) is 11.4. The Bertz CT molecular complexity index is 560. The maximum Gasteiger partial charge on any atom is 0.244 e. The van der Waals surface area contributed by atoms with E-state index in [-0.39, 0.29) is 11.5 Å². The molecule has 2 rings (SSSR count). The van der Waals surface area contributed by atoms with Gasteiger partial charge in [0.05, 0.1) is 6.04 Å². The fraction of sp³-hybridized carbons (Fsp3) is 0.429. The number of hydrogen-bond donors (Lipinski definition) is 1. The molecule has 0 aliphatic rings. The summed E-state index contributed by atoms with van der Waals surface area (Å²) in [5.74, 6) is 1.16. The Kier molecular flexibility index (Phi) is 4.06. The Labute approximate surface area is 121 Å². The lowest BCUT2D eigenvalue weighted by molar-refractivity contribution is 0.252. The second-order valence-corrected chi connectivity index (χ2v) is 6.61. The van der Waals surface area contributed by atoms with Crippen LogP contribution in [0.4, 0.5) is 0 Å². The third-order valence-corrected chi connectivity index (χ3v) is 3.43. The van der Waals surface area contributed by atoms with E-state index in [0.717, 1.165) is 10.0 Å². The van der Waals surface area contributed by atoms with Crippen LogP contribution in [0, 0.1) is 5.41 Å². The van der Waals surface area contributed by atoms with Crippen molar-refractivity contribution in [1.82, 2.24) is 10.1 Å². The zero-order chi connectivity index (χ0) is 14.0. The maximum absolute atomic E-state index is 6.10. The van der Waals surface area contributed by atoms with Crippen molar-refractivity contribution in [3.05, 3.63) is 46.0 Å². The Morgan fingerprint density at radius 2 is 2.11 bits per heavy atom. The van der Waals surface area contributed by atoms with Crippen molar-refractivity contribution in [3.8, 4) is 0 Å². The first kappa shape index (κ1) is 14.2. The third-order valence-electron chi connectivity index (χ3n) is 2.93. The molecule has 4 nitrogen and oxygen atoms in total. The molecule has 0 amide bonds. The molecule has 0 radical (unpaired) electrons. The van der Waals surface area contributed by atoms with E-state index >= 15 is 0 Å². The number of aromatic nitrogens is 2. The lowest BCUT2D eigenvalue weighted by atomic mass is 9.87. The molecule has 0 spiro atoms. The summed E-state index contributed by atoms with van der Waals surface area (Å²) < 4.78 is 6.30. The minimum atomic E-state index is -0.253. The molecular weight excluding hydrogens is 306 g/mol. The minimum Gasteiger partial charge on any atom is -0.338 e. The molecule has 0 saturated heterocycles. The lowest BCUT2D eigenvalue weighted by Crippen LogP contribution is -2.26. The molecule has 0 aliphatic heterocycles. The van der Waals surface area contributed by atoms with E-state index in [0.29, 0.717) is 18.1 Å². The standard InChI is InChI=1S/C14H18BrN3O/c1-14(2,3)12(16)13-17-11(18-19-13)8-9-5-4-6-10(15)7-9/h4-7,12H,8,16H2,1-3H3/t12-/m0/s1. The summed E-state index contributed by atoms with van der Waals surface area (Å²) >= 11 is 3.45. The van der Waals surface area contributed by atoms with E-state index in [9.17, 15) is 0 Å². The predicted molar refractivity (Wildman–Crippen MR) is 77.6 cm³/mol.